The van der Waals surface area contributed by atoms with E-state index < -0.39 is 5.63 Å². The van der Waals surface area contributed by atoms with Gasteiger partial charge in [0.25, 0.3) is 0 Å². The maximum Gasteiger partial charge on any atom is 0.346 e. The third-order valence-electron chi connectivity index (χ3n) is 6.53. The molecule has 1 amide bonds. The summed E-state index contributed by atoms with van der Waals surface area (Å²) in [5, 5.41) is 4.01. The summed E-state index contributed by atoms with van der Waals surface area (Å²) in [7, 11) is 0. The summed E-state index contributed by atoms with van der Waals surface area (Å²) in [6, 6.07) is 27.5. The van der Waals surface area contributed by atoms with Crippen molar-refractivity contribution < 1.29 is 9.21 Å². The number of anilines is 1. The molecule has 0 aliphatic carbocycles. The van der Waals surface area contributed by atoms with Gasteiger partial charge in [-0.05, 0) is 23.8 Å². The van der Waals surface area contributed by atoms with Crippen LogP contribution < -0.4 is 10.5 Å². The molecular weight excluding hydrogens is 502 g/mol. The fourth-order valence-electron chi connectivity index (χ4n) is 4.85. The van der Waals surface area contributed by atoms with Gasteiger partial charge >= 0.3 is 5.63 Å². The highest BCUT2D eigenvalue weighted by Gasteiger charge is 2.38. The fraction of sp³-hybridized carbons (Fsp3) is 0.0690. The van der Waals surface area contributed by atoms with Gasteiger partial charge in [-0.25, -0.2) is 9.78 Å². The molecule has 1 atom stereocenters. The van der Waals surface area contributed by atoms with E-state index in [2.05, 4.69) is 29.2 Å². The van der Waals surface area contributed by atoms with Gasteiger partial charge in [0.2, 0.25) is 5.91 Å². The molecule has 1 N–H and O–H groups in total. The zero-order chi connectivity index (χ0) is 24.9. The molecule has 1 fully saturated rings. The molecule has 8 heteroatoms. The van der Waals surface area contributed by atoms with E-state index in [1.165, 1.54) is 11.3 Å². The number of benzene rings is 3. The van der Waals surface area contributed by atoms with Gasteiger partial charge in [-0.15, -0.1) is 23.1 Å². The molecule has 37 heavy (non-hydrogen) atoms. The fourth-order valence-corrected chi connectivity index (χ4v) is 6.87. The van der Waals surface area contributed by atoms with Crippen LogP contribution in [-0.2, 0) is 4.79 Å². The molecule has 0 spiro atoms. The molecule has 1 unspecified atom stereocenters. The van der Waals surface area contributed by atoms with E-state index in [0.717, 1.165) is 33.1 Å². The lowest BCUT2D eigenvalue weighted by molar-refractivity contribution is -0.115. The Morgan fingerprint density at radius 3 is 2.62 bits per heavy atom. The van der Waals surface area contributed by atoms with Gasteiger partial charge in [0, 0.05) is 27.2 Å². The Morgan fingerprint density at radius 1 is 0.946 bits per heavy atom. The lowest BCUT2D eigenvalue weighted by Gasteiger charge is -2.23. The van der Waals surface area contributed by atoms with Crippen molar-refractivity contribution in [3.05, 3.63) is 106 Å². The Morgan fingerprint density at radius 2 is 1.73 bits per heavy atom. The predicted octanol–water partition coefficient (Wildman–Crippen LogP) is 6.84. The smallest absolute Gasteiger partial charge is 0.346 e. The van der Waals surface area contributed by atoms with E-state index in [-0.39, 0.29) is 11.3 Å². The Bertz CT molecular complexity index is 1860. The van der Waals surface area contributed by atoms with Crippen molar-refractivity contribution in [1.29, 1.82) is 0 Å². The SMILES string of the molecule is O=C1CSC(c2c(-c3ccccc3)[nH]c3ccccc23)N1c1csc(-c2cc3ccccc3oc2=O)n1. The maximum atomic E-state index is 13.2. The van der Waals surface area contributed by atoms with Gasteiger partial charge in [-0.3, -0.25) is 9.69 Å². The van der Waals surface area contributed by atoms with E-state index in [4.69, 9.17) is 9.40 Å². The summed E-state index contributed by atoms with van der Waals surface area (Å²) in [5.41, 5.74) is 4.60. The number of carbonyl (C=O) groups is 1. The van der Waals surface area contributed by atoms with Gasteiger partial charge in [-0.1, -0.05) is 66.7 Å². The van der Waals surface area contributed by atoms with Gasteiger partial charge < -0.3 is 9.40 Å². The largest absolute Gasteiger partial charge is 0.422 e. The minimum atomic E-state index is -0.443. The van der Waals surface area contributed by atoms with Crippen LogP contribution in [0.5, 0.6) is 0 Å². The minimum absolute atomic E-state index is 0.0123. The zero-order valence-electron chi connectivity index (χ0n) is 19.4. The molecule has 0 bridgehead atoms. The van der Waals surface area contributed by atoms with E-state index in [1.807, 2.05) is 53.9 Å². The van der Waals surface area contributed by atoms with Crippen LogP contribution in [0.4, 0.5) is 5.82 Å². The first-order valence-corrected chi connectivity index (χ1v) is 13.7. The number of para-hydroxylation sites is 2. The van der Waals surface area contributed by atoms with E-state index in [0.29, 0.717) is 27.7 Å². The van der Waals surface area contributed by atoms with Gasteiger partial charge in [-0.2, -0.15) is 0 Å². The molecule has 6 aromatic rings. The predicted molar refractivity (Wildman–Crippen MR) is 150 cm³/mol. The Labute approximate surface area is 219 Å². The molecule has 1 aliphatic heterocycles. The van der Waals surface area contributed by atoms with Crippen LogP contribution in [0.25, 0.3) is 43.7 Å². The van der Waals surface area contributed by atoms with E-state index >= 15 is 0 Å². The van der Waals surface area contributed by atoms with Crippen LogP contribution in [-0.4, -0.2) is 21.6 Å². The summed E-state index contributed by atoms with van der Waals surface area (Å²) in [5.74, 6) is 0.877. The van der Waals surface area contributed by atoms with E-state index in [1.54, 1.807) is 28.8 Å². The second kappa shape index (κ2) is 8.76. The number of aromatic amines is 1. The van der Waals surface area contributed by atoms with Crippen LogP contribution in [0.1, 0.15) is 10.9 Å². The van der Waals surface area contributed by atoms with Crippen molar-refractivity contribution in [2.24, 2.45) is 0 Å². The number of aromatic nitrogens is 2. The molecular formula is C29H19N3O3S2. The van der Waals surface area contributed by atoms with Crippen molar-refractivity contribution in [2.75, 3.05) is 10.7 Å². The molecule has 7 rings (SSSR count). The maximum absolute atomic E-state index is 13.2. The zero-order valence-corrected chi connectivity index (χ0v) is 21.0. The number of hydrogen-bond acceptors (Lipinski definition) is 6. The number of thioether (sulfide) groups is 1. The highest BCUT2D eigenvalue weighted by molar-refractivity contribution is 8.00. The summed E-state index contributed by atoms with van der Waals surface area (Å²) >= 11 is 2.92. The van der Waals surface area contributed by atoms with Gasteiger partial charge in [0.15, 0.2) is 0 Å². The number of thiazole rings is 1. The highest BCUT2D eigenvalue weighted by atomic mass is 32.2. The number of hydrogen-bond donors (Lipinski definition) is 1. The molecule has 1 saturated heterocycles. The van der Waals surface area contributed by atoms with Crippen molar-refractivity contribution in [3.63, 3.8) is 0 Å². The molecule has 180 valence electrons. The first-order chi connectivity index (χ1) is 18.2. The lowest BCUT2D eigenvalue weighted by atomic mass is 10.0. The van der Waals surface area contributed by atoms with Gasteiger partial charge in [0.1, 0.15) is 21.8 Å². The normalized spacial score (nSPS) is 15.7. The van der Waals surface area contributed by atoms with Crippen LogP contribution >= 0.6 is 23.1 Å². The molecule has 1 aliphatic rings. The Hall–Kier alpha value is -4.14. The van der Waals surface area contributed by atoms with Crippen molar-refractivity contribution in [1.82, 2.24) is 9.97 Å². The lowest BCUT2D eigenvalue weighted by Crippen LogP contribution is -2.28. The monoisotopic (exact) mass is 521 g/mol. The second-order valence-corrected chi connectivity index (χ2v) is 10.7. The minimum Gasteiger partial charge on any atom is -0.422 e. The third kappa shape index (κ3) is 3.68. The molecule has 0 radical (unpaired) electrons. The van der Waals surface area contributed by atoms with Crippen molar-refractivity contribution in [3.8, 4) is 21.8 Å². The Balaban J connectivity index is 1.35. The number of fused-ring (bicyclic) bond motifs is 2. The first-order valence-electron chi connectivity index (χ1n) is 11.8. The number of nitrogens with one attached hydrogen (secondary N) is 1. The summed E-state index contributed by atoms with van der Waals surface area (Å²) in [4.78, 5) is 36.1. The molecule has 3 aromatic carbocycles. The van der Waals surface area contributed by atoms with Crippen LogP contribution in [0.15, 0.2) is 99.5 Å². The second-order valence-electron chi connectivity index (χ2n) is 8.75. The van der Waals surface area contributed by atoms with Gasteiger partial charge in [0.05, 0.1) is 17.0 Å². The third-order valence-corrected chi connectivity index (χ3v) is 8.57. The average molecular weight is 522 g/mol. The standard InChI is InChI=1S/C29H19N3O3S2/c33-24-16-37-28(25-19-11-5-6-12-21(19)30-26(25)17-8-2-1-3-9-17)32(24)23-15-36-27(31-23)20-14-18-10-4-7-13-22(18)35-29(20)34/h1-15,28,30H,16H2. The van der Waals surface area contributed by atoms with Crippen molar-refractivity contribution >= 4 is 56.7 Å². The number of H-pyrrole nitrogens is 1. The Kier molecular flexibility index (Phi) is 5.23. The number of rotatable bonds is 4. The molecule has 0 saturated carbocycles. The average Bonchev–Trinajstić information content (AvgIpc) is 3.65. The first kappa shape index (κ1) is 22.1. The van der Waals surface area contributed by atoms with E-state index in [9.17, 15) is 9.59 Å². The quantitative estimate of drug-likeness (QED) is 0.257. The summed E-state index contributed by atoms with van der Waals surface area (Å²) < 4.78 is 5.52. The number of amides is 1. The molecule has 4 heterocycles. The van der Waals surface area contributed by atoms with Crippen LogP contribution in [0, 0.1) is 0 Å². The van der Waals surface area contributed by atoms with Crippen LogP contribution in [0.3, 0.4) is 0 Å². The highest BCUT2D eigenvalue weighted by Crippen LogP contribution is 2.48. The summed E-state index contributed by atoms with van der Waals surface area (Å²) in [6.07, 6.45) is 0. The number of carbonyl (C=O) groups excluding carboxylic acids is 1. The summed E-state index contributed by atoms with van der Waals surface area (Å²) in [6.45, 7) is 0. The molecule has 3 aromatic heterocycles. The number of nitrogens with zero attached hydrogens (tertiary/aromatic N) is 2. The molecule has 6 nitrogen and oxygen atoms in total. The topological polar surface area (TPSA) is 79.2 Å². The van der Waals surface area contributed by atoms with Crippen LogP contribution in [0.2, 0.25) is 0 Å². The van der Waals surface area contributed by atoms with Crippen molar-refractivity contribution in [2.45, 2.75) is 5.37 Å².